The first-order chi connectivity index (χ1) is 18.9. The van der Waals surface area contributed by atoms with Gasteiger partial charge in [0, 0.05) is 8.95 Å². The van der Waals surface area contributed by atoms with Crippen LogP contribution < -0.4 is 10.2 Å². The number of ether oxygens (including phenoxy) is 2. The molecule has 0 bridgehead atoms. The van der Waals surface area contributed by atoms with Crippen molar-refractivity contribution in [1.29, 1.82) is 0 Å². The molecule has 0 aliphatic rings. The lowest BCUT2D eigenvalue weighted by Crippen LogP contribution is -2.40. The first-order valence-corrected chi connectivity index (χ1v) is 13.6. The van der Waals surface area contributed by atoms with Crippen LogP contribution in [0.1, 0.15) is 27.7 Å². The summed E-state index contributed by atoms with van der Waals surface area (Å²) in [6, 6.07) is 5.63. The Morgan fingerprint density at radius 2 is 1.51 bits per heavy atom. The van der Waals surface area contributed by atoms with Crippen LogP contribution in [0.4, 0.5) is 27.5 Å². The average molecular weight is 747 g/mol. The van der Waals surface area contributed by atoms with E-state index in [0.717, 1.165) is 4.90 Å². The van der Waals surface area contributed by atoms with E-state index < -0.39 is 52.3 Å². The van der Waals surface area contributed by atoms with E-state index in [1.54, 1.807) is 27.7 Å². The highest BCUT2D eigenvalue weighted by molar-refractivity contribution is 9.10. The van der Waals surface area contributed by atoms with Crippen LogP contribution in [0.25, 0.3) is 0 Å². The van der Waals surface area contributed by atoms with Crippen LogP contribution >= 0.6 is 55.1 Å². The molecule has 0 aliphatic carbocycles. The normalized spacial score (nSPS) is 10.5. The summed E-state index contributed by atoms with van der Waals surface area (Å²) in [6.45, 7) is 5.64. The topological polar surface area (TPSA) is 191 Å². The SMILES string of the molecule is CCOC(=O)CN(C(=O)OC(C)(C)C)c1ccc(Br)c(Cl)c1[N+](=O)[O-].O=C(O)CNc1ccc(Br)c(Cl)c1[N+](=O)[O-]. The fourth-order valence-corrected chi connectivity index (χ4v) is 3.96. The molecular weight excluding hydrogens is 723 g/mol. The highest BCUT2D eigenvalue weighted by Gasteiger charge is 2.33. The number of halogens is 4. The van der Waals surface area contributed by atoms with Gasteiger partial charge in [-0.25, -0.2) is 4.79 Å². The van der Waals surface area contributed by atoms with Crippen LogP contribution in [0.5, 0.6) is 0 Å². The molecule has 0 radical (unpaired) electrons. The molecule has 2 rings (SSSR count). The van der Waals surface area contributed by atoms with E-state index in [9.17, 15) is 34.6 Å². The van der Waals surface area contributed by atoms with E-state index in [2.05, 4.69) is 37.2 Å². The summed E-state index contributed by atoms with van der Waals surface area (Å²) in [5.41, 5.74) is -1.83. The summed E-state index contributed by atoms with van der Waals surface area (Å²) in [5, 5.41) is 32.8. The van der Waals surface area contributed by atoms with E-state index in [0.29, 0.717) is 4.47 Å². The molecular formula is C23H24Br2Cl2N4O10. The number of carboxylic acid groups (broad SMARTS) is 1. The number of nitro benzene ring substituents is 2. The highest BCUT2D eigenvalue weighted by atomic mass is 79.9. The summed E-state index contributed by atoms with van der Waals surface area (Å²) in [5.74, 6) is -1.85. The average Bonchev–Trinajstić information content (AvgIpc) is 2.83. The van der Waals surface area contributed by atoms with E-state index in [1.807, 2.05) is 0 Å². The Balaban J connectivity index is 0.000000452. The lowest BCUT2D eigenvalue weighted by Gasteiger charge is -2.26. The minimum Gasteiger partial charge on any atom is -0.480 e. The molecule has 0 saturated heterocycles. The molecule has 0 atom stereocenters. The van der Waals surface area contributed by atoms with Gasteiger partial charge in [0.1, 0.15) is 40.1 Å². The van der Waals surface area contributed by atoms with Gasteiger partial charge in [-0.2, -0.15) is 0 Å². The number of carbonyl (C=O) groups excluding carboxylic acids is 2. The molecule has 2 N–H and O–H groups in total. The van der Waals surface area contributed by atoms with Crippen LogP contribution in [-0.4, -0.2) is 58.3 Å². The van der Waals surface area contributed by atoms with E-state index in [-0.39, 0.29) is 38.2 Å². The molecule has 0 aromatic heterocycles. The number of esters is 1. The molecule has 41 heavy (non-hydrogen) atoms. The van der Waals surface area contributed by atoms with Crippen molar-refractivity contribution < 1.29 is 38.8 Å². The number of nitrogens with one attached hydrogen (secondary N) is 1. The summed E-state index contributed by atoms with van der Waals surface area (Å²) >= 11 is 17.9. The fraction of sp³-hybridized carbons (Fsp3) is 0.348. The van der Waals surface area contributed by atoms with E-state index >= 15 is 0 Å². The maximum Gasteiger partial charge on any atom is 0.415 e. The van der Waals surface area contributed by atoms with Gasteiger partial charge in [-0.05, 0) is 83.8 Å². The van der Waals surface area contributed by atoms with Gasteiger partial charge in [-0.3, -0.25) is 34.7 Å². The second-order valence-corrected chi connectivity index (χ2v) is 11.1. The largest absolute Gasteiger partial charge is 0.480 e. The number of aliphatic carboxylic acids is 1. The van der Waals surface area contributed by atoms with Crippen molar-refractivity contribution in [3.63, 3.8) is 0 Å². The first kappa shape index (κ1) is 35.8. The van der Waals surface area contributed by atoms with Crippen LogP contribution in [0.15, 0.2) is 33.2 Å². The van der Waals surface area contributed by atoms with Gasteiger partial charge in [-0.1, -0.05) is 23.2 Å². The number of anilines is 2. The van der Waals surface area contributed by atoms with Crippen molar-refractivity contribution >= 4 is 95.8 Å². The Morgan fingerprint density at radius 1 is 1.00 bits per heavy atom. The third-order valence-corrected chi connectivity index (χ3v) is 6.95. The smallest absolute Gasteiger partial charge is 0.415 e. The van der Waals surface area contributed by atoms with E-state index in [1.165, 1.54) is 24.3 Å². The number of hydrogen-bond donors (Lipinski definition) is 2. The number of benzene rings is 2. The molecule has 2 aromatic carbocycles. The summed E-state index contributed by atoms with van der Waals surface area (Å²) < 4.78 is 10.7. The third-order valence-electron chi connectivity index (χ3n) is 4.41. The van der Waals surface area contributed by atoms with Crippen molar-refractivity contribution in [2.75, 3.05) is 29.9 Å². The van der Waals surface area contributed by atoms with Crippen molar-refractivity contribution in [2.45, 2.75) is 33.3 Å². The number of carbonyl (C=O) groups is 3. The summed E-state index contributed by atoms with van der Waals surface area (Å²) in [4.78, 5) is 56.3. The number of hydrogen-bond acceptors (Lipinski definition) is 10. The Morgan fingerprint density at radius 3 is 1.98 bits per heavy atom. The third kappa shape index (κ3) is 10.9. The van der Waals surface area contributed by atoms with Gasteiger partial charge >= 0.3 is 29.4 Å². The summed E-state index contributed by atoms with van der Waals surface area (Å²) in [7, 11) is 0. The predicted molar refractivity (Wildman–Crippen MR) is 158 cm³/mol. The molecule has 0 unspecified atom stereocenters. The second kappa shape index (κ2) is 15.7. The Kier molecular flexibility index (Phi) is 13.7. The lowest BCUT2D eigenvalue weighted by molar-refractivity contribution is -0.384. The van der Waals surface area contributed by atoms with Crippen molar-refractivity contribution in [2.24, 2.45) is 0 Å². The second-order valence-electron chi connectivity index (χ2n) is 8.62. The molecule has 1 amide bonds. The molecule has 0 aliphatic heterocycles. The van der Waals surface area contributed by atoms with Crippen molar-refractivity contribution in [3.05, 3.63) is 63.5 Å². The molecule has 0 saturated carbocycles. The number of carboxylic acids is 1. The standard InChI is InChI=1S/C15H18BrClN2O6.C8H6BrClN2O4/c1-5-24-11(20)8-18(14(21)25-15(2,3)4)10-7-6-9(16)12(17)13(10)19(22)23;9-4-1-2-5(11-3-6(13)14)8(7(4)10)12(15)16/h6-7H,5,8H2,1-4H3;1-2,11H,3H2,(H,13,14). The number of nitrogens with zero attached hydrogens (tertiary/aromatic N) is 3. The van der Waals surface area contributed by atoms with Gasteiger partial charge in [0.15, 0.2) is 0 Å². The molecule has 0 fully saturated rings. The number of rotatable bonds is 9. The zero-order valence-electron chi connectivity index (χ0n) is 21.9. The Bertz CT molecular complexity index is 1340. The van der Waals surface area contributed by atoms with Gasteiger partial charge in [0.2, 0.25) is 0 Å². The quantitative estimate of drug-likeness (QED) is 0.155. The lowest BCUT2D eigenvalue weighted by atomic mass is 10.2. The van der Waals surface area contributed by atoms with Crippen molar-refractivity contribution in [3.8, 4) is 0 Å². The molecule has 224 valence electrons. The van der Waals surface area contributed by atoms with Crippen molar-refractivity contribution in [1.82, 2.24) is 0 Å². The highest BCUT2D eigenvalue weighted by Crippen LogP contribution is 2.40. The van der Waals surface area contributed by atoms with Gasteiger partial charge in [0.05, 0.1) is 16.5 Å². The van der Waals surface area contributed by atoms with Gasteiger partial charge in [0.25, 0.3) is 0 Å². The van der Waals surface area contributed by atoms with Crippen LogP contribution in [0.2, 0.25) is 10.0 Å². The Labute approximate surface area is 260 Å². The molecule has 0 spiro atoms. The predicted octanol–water partition coefficient (Wildman–Crippen LogP) is 6.82. The van der Waals surface area contributed by atoms with Crippen LogP contribution in [-0.2, 0) is 19.1 Å². The maximum absolute atomic E-state index is 12.5. The fourth-order valence-electron chi connectivity index (χ4n) is 2.85. The Hall–Kier alpha value is -3.21. The van der Waals surface area contributed by atoms with Crippen LogP contribution in [0, 0.1) is 20.2 Å². The van der Waals surface area contributed by atoms with Gasteiger partial charge in [-0.15, -0.1) is 0 Å². The number of amides is 1. The van der Waals surface area contributed by atoms with E-state index in [4.69, 9.17) is 37.8 Å². The minimum absolute atomic E-state index is 0.0691. The minimum atomic E-state index is -1.12. The monoisotopic (exact) mass is 744 g/mol. The number of nitro groups is 2. The molecule has 2 aromatic rings. The van der Waals surface area contributed by atoms with Crippen LogP contribution in [0.3, 0.4) is 0 Å². The molecule has 18 heteroatoms. The first-order valence-electron chi connectivity index (χ1n) is 11.3. The molecule has 14 nitrogen and oxygen atoms in total. The summed E-state index contributed by atoms with van der Waals surface area (Å²) in [6.07, 6.45) is -0.929. The maximum atomic E-state index is 12.5. The zero-order valence-corrected chi connectivity index (χ0v) is 26.6. The van der Waals surface area contributed by atoms with Gasteiger partial charge < -0.3 is 19.9 Å². The zero-order chi connectivity index (χ0) is 31.7. The molecule has 0 heterocycles.